The summed E-state index contributed by atoms with van der Waals surface area (Å²) < 4.78 is 0. The Morgan fingerprint density at radius 2 is 2.10 bits per heavy atom. The smallest absolute Gasteiger partial charge is 0.326 e. The van der Waals surface area contributed by atoms with Gasteiger partial charge in [0.05, 0.1) is 11.3 Å². The number of amides is 1. The molecule has 0 aromatic carbocycles. The molecule has 1 aromatic heterocycles. The Morgan fingerprint density at radius 1 is 1.33 bits per heavy atom. The Bertz CT molecular complexity index is 602. The van der Waals surface area contributed by atoms with Crippen LogP contribution in [0, 0.1) is 25.7 Å². The second kappa shape index (κ2) is 5.09. The number of carboxylic acids is 1. The molecule has 1 saturated carbocycles. The summed E-state index contributed by atoms with van der Waals surface area (Å²) in [6.45, 7) is 4.06. The van der Waals surface area contributed by atoms with Crippen LogP contribution in [0.4, 0.5) is 0 Å². The van der Waals surface area contributed by atoms with Crippen molar-refractivity contribution < 1.29 is 14.7 Å². The molecule has 6 nitrogen and oxygen atoms in total. The van der Waals surface area contributed by atoms with E-state index in [9.17, 15) is 14.7 Å². The van der Waals surface area contributed by atoms with Crippen molar-refractivity contribution in [2.75, 3.05) is 6.54 Å². The number of carboxylic acid groups (broad SMARTS) is 1. The lowest BCUT2D eigenvalue weighted by atomic mass is 9.94. The number of rotatable bonds is 2. The molecule has 0 unspecified atom stereocenters. The van der Waals surface area contributed by atoms with Crippen LogP contribution in [0.5, 0.6) is 0 Å². The maximum absolute atomic E-state index is 12.7. The summed E-state index contributed by atoms with van der Waals surface area (Å²) in [5, 5.41) is 9.51. The van der Waals surface area contributed by atoms with Gasteiger partial charge in [0.1, 0.15) is 11.9 Å². The van der Waals surface area contributed by atoms with Crippen molar-refractivity contribution in [1.29, 1.82) is 0 Å². The normalized spacial score (nSPS) is 27.7. The Morgan fingerprint density at radius 3 is 2.76 bits per heavy atom. The molecule has 1 saturated heterocycles. The lowest BCUT2D eigenvalue weighted by Gasteiger charge is -2.24. The van der Waals surface area contributed by atoms with Crippen LogP contribution in [-0.4, -0.2) is 44.4 Å². The summed E-state index contributed by atoms with van der Waals surface area (Å²) in [6, 6.07) is -0.703. The van der Waals surface area contributed by atoms with Crippen LogP contribution < -0.4 is 0 Å². The third-order valence-corrected chi connectivity index (χ3v) is 4.73. The topological polar surface area (TPSA) is 83.4 Å². The summed E-state index contributed by atoms with van der Waals surface area (Å²) in [6.07, 6.45) is 4.48. The monoisotopic (exact) mass is 289 g/mol. The molecule has 112 valence electrons. The van der Waals surface area contributed by atoms with Crippen molar-refractivity contribution >= 4 is 11.9 Å². The highest BCUT2D eigenvalue weighted by Gasteiger charge is 2.49. The number of carbonyl (C=O) groups is 2. The van der Waals surface area contributed by atoms with Gasteiger partial charge in [0, 0.05) is 12.7 Å². The highest BCUT2D eigenvalue weighted by atomic mass is 16.4. The Labute approximate surface area is 123 Å². The number of hydrogen-bond donors (Lipinski definition) is 1. The molecule has 1 aromatic rings. The van der Waals surface area contributed by atoms with E-state index in [-0.39, 0.29) is 11.8 Å². The number of hydrogen-bond acceptors (Lipinski definition) is 4. The minimum atomic E-state index is -0.900. The molecule has 2 aliphatic rings. The maximum Gasteiger partial charge on any atom is 0.326 e. The number of nitrogens with zero attached hydrogens (tertiary/aromatic N) is 3. The number of carbonyl (C=O) groups excluding carboxylic acids is 1. The van der Waals surface area contributed by atoms with Gasteiger partial charge in [0.2, 0.25) is 0 Å². The molecule has 2 heterocycles. The van der Waals surface area contributed by atoms with Gasteiger partial charge in [0.25, 0.3) is 5.91 Å². The Balaban J connectivity index is 1.91. The van der Waals surface area contributed by atoms with Crippen molar-refractivity contribution in [2.45, 2.75) is 39.2 Å². The zero-order chi connectivity index (χ0) is 15.1. The number of fused-ring (bicyclic) bond motifs is 1. The second-order valence-electron chi connectivity index (χ2n) is 6.01. The van der Waals surface area contributed by atoms with Gasteiger partial charge >= 0.3 is 5.97 Å². The van der Waals surface area contributed by atoms with Crippen molar-refractivity contribution in [3.63, 3.8) is 0 Å². The van der Waals surface area contributed by atoms with Crippen LogP contribution in [-0.2, 0) is 4.79 Å². The molecule has 0 spiro atoms. The average Bonchev–Trinajstić information content (AvgIpc) is 2.96. The van der Waals surface area contributed by atoms with E-state index < -0.39 is 12.0 Å². The summed E-state index contributed by atoms with van der Waals surface area (Å²) in [7, 11) is 0. The summed E-state index contributed by atoms with van der Waals surface area (Å²) in [5.41, 5.74) is 1.01. The van der Waals surface area contributed by atoms with E-state index in [4.69, 9.17) is 0 Å². The van der Waals surface area contributed by atoms with Gasteiger partial charge in [-0.05, 0) is 38.5 Å². The van der Waals surface area contributed by atoms with Crippen molar-refractivity contribution in [3.05, 3.63) is 23.3 Å². The molecule has 0 bridgehead atoms. The molecule has 1 amide bonds. The lowest BCUT2D eigenvalue weighted by molar-refractivity contribution is -0.142. The Hall–Kier alpha value is -1.98. The van der Waals surface area contributed by atoms with Gasteiger partial charge in [-0.2, -0.15) is 0 Å². The first kappa shape index (κ1) is 14.0. The molecule has 6 heteroatoms. The molecule has 3 atom stereocenters. The molecule has 1 aliphatic heterocycles. The number of aryl methyl sites for hydroxylation is 2. The standard InChI is InChI=1S/C15H19N3O3/c1-8-12(6-16-9(2)17-8)14(19)18-7-10-4-3-5-11(10)13(18)15(20)21/h6,10-11,13H,3-5,7H2,1-2H3,(H,20,21)/t10-,11+,13-/m0/s1. The van der Waals surface area contributed by atoms with Crippen LogP contribution in [0.15, 0.2) is 6.20 Å². The van der Waals surface area contributed by atoms with Gasteiger partial charge in [-0.1, -0.05) is 6.42 Å². The fraction of sp³-hybridized carbons (Fsp3) is 0.600. The first-order valence-electron chi connectivity index (χ1n) is 7.33. The molecule has 1 N–H and O–H groups in total. The number of likely N-dealkylation sites (tertiary alicyclic amines) is 1. The molecular formula is C15H19N3O3. The molecule has 21 heavy (non-hydrogen) atoms. The molecule has 2 fully saturated rings. The lowest BCUT2D eigenvalue weighted by Crippen LogP contribution is -2.43. The van der Waals surface area contributed by atoms with Crippen molar-refractivity contribution in [2.24, 2.45) is 11.8 Å². The van der Waals surface area contributed by atoms with E-state index in [2.05, 4.69) is 9.97 Å². The highest BCUT2D eigenvalue weighted by Crippen LogP contribution is 2.42. The van der Waals surface area contributed by atoms with Gasteiger partial charge in [-0.25, -0.2) is 14.8 Å². The molecule has 1 aliphatic carbocycles. The van der Waals surface area contributed by atoms with E-state index >= 15 is 0 Å². The van der Waals surface area contributed by atoms with E-state index in [1.807, 2.05) is 0 Å². The largest absolute Gasteiger partial charge is 0.480 e. The first-order valence-corrected chi connectivity index (χ1v) is 7.33. The fourth-order valence-corrected chi connectivity index (χ4v) is 3.78. The van der Waals surface area contributed by atoms with Crippen LogP contribution in [0.25, 0.3) is 0 Å². The SMILES string of the molecule is Cc1ncc(C(=O)N2C[C@@H]3CCC[C@H]3[C@H]2C(=O)O)c(C)n1. The molecular weight excluding hydrogens is 270 g/mol. The average molecular weight is 289 g/mol. The van der Waals surface area contributed by atoms with Crippen LogP contribution in [0.1, 0.15) is 41.1 Å². The maximum atomic E-state index is 12.7. The van der Waals surface area contributed by atoms with Crippen LogP contribution >= 0.6 is 0 Å². The molecule has 0 radical (unpaired) electrons. The second-order valence-corrected chi connectivity index (χ2v) is 6.01. The summed E-state index contributed by atoms with van der Waals surface area (Å²) in [4.78, 5) is 34.1. The minimum absolute atomic E-state index is 0.0955. The summed E-state index contributed by atoms with van der Waals surface area (Å²) >= 11 is 0. The summed E-state index contributed by atoms with van der Waals surface area (Å²) in [5.74, 6) is -0.130. The van der Waals surface area contributed by atoms with E-state index in [1.165, 1.54) is 11.1 Å². The Kier molecular flexibility index (Phi) is 3.39. The zero-order valence-corrected chi connectivity index (χ0v) is 12.2. The van der Waals surface area contributed by atoms with Crippen molar-refractivity contribution in [3.8, 4) is 0 Å². The zero-order valence-electron chi connectivity index (χ0n) is 12.2. The van der Waals surface area contributed by atoms with E-state index in [1.54, 1.807) is 13.8 Å². The minimum Gasteiger partial charge on any atom is -0.480 e. The van der Waals surface area contributed by atoms with Crippen molar-refractivity contribution in [1.82, 2.24) is 14.9 Å². The predicted molar refractivity (Wildman–Crippen MR) is 74.8 cm³/mol. The predicted octanol–water partition coefficient (Wildman–Crippen LogP) is 1.42. The van der Waals surface area contributed by atoms with E-state index in [0.717, 1.165) is 19.3 Å². The van der Waals surface area contributed by atoms with Crippen LogP contribution in [0.2, 0.25) is 0 Å². The van der Waals surface area contributed by atoms with Gasteiger partial charge in [-0.3, -0.25) is 4.79 Å². The van der Waals surface area contributed by atoms with Gasteiger partial charge in [0.15, 0.2) is 0 Å². The number of aromatic nitrogens is 2. The fourth-order valence-electron chi connectivity index (χ4n) is 3.78. The first-order chi connectivity index (χ1) is 9.99. The number of aliphatic carboxylic acids is 1. The van der Waals surface area contributed by atoms with Crippen LogP contribution in [0.3, 0.4) is 0 Å². The van der Waals surface area contributed by atoms with Gasteiger partial charge < -0.3 is 10.0 Å². The van der Waals surface area contributed by atoms with Gasteiger partial charge in [-0.15, -0.1) is 0 Å². The third-order valence-electron chi connectivity index (χ3n) is 4.73. The molecule has 3 rings (SSSR count). The third kappa shape index (κ3) is 2.28. The quantitative estimate of drug-likeness (QED) is 0.890. The van der Waals surface area contributed by atoms with E-state index in [0.29, 0.717) is 29.5 Å². The highest BCUT2D eigenvalue weighted by molar-refractivity contribution is 5.97.